The summed E-state index contributed by atoms with van der Waals surface area (Å²) in [5.74, 6) is 0.346. The molecule has 3 rings (SSSR count). The van der Waals surface area contributed by atoms with Crippen molar-refractivity contribution >= 4 is 0 Å². The smallest absolute Gasteiger partial charge is 0.151 e. The second kappa shape index (κ2) is 8.48. The first-order valence-corrected chi connectivity index (χ1v) is 9.78. The normalized spacial score (nSPS) is 21.0. The SMILES string of the molecule is Cc1nn(-c2ccc(F)cc2F)c(C)c1CNCCN1C[C@H](C)C[C@H](C)C1. The molecule has 1 saturated heterocycles. The Morgan fingerprint density at radius 3 is 2.52 bits per heavy atom. The van der Waals surface area contributed by atoms with Gasteiger partial charge in [-0.05, 0) is 44.2 Å². The second-order valence-electron chi connectivity index (χ2n) is 8.04. The van der Waals surface area contributed by atoms with Crippen molar-refractivity contribution in [3.63, 3.8) is 0 Å². The highest BCUT2D eigenvalue weighted by molar-refractivity contribution is 5.38. The van der Waals surface area contributed by atoms with Crippen LogP contribution in [0.15, 0.2) is 18.2 Å². The Bertz CT molecular complexity index is 777. The Labute approximate surface area is 160 Å². The van der Waals surface area contributed by atoms with Crippen LogP contribution in [0.25, 0.3) is 5.69 Å². The highest BCUT2D eigenvalue weighted by Gasteiger charge is 2.21. The Hall–Kier alpha value is -1.79. The van der Waals surface area contributed by atoms with Crippen LogP contribution in [-0.4, -0.2) is 40.9 Å². The Morgan fingerprint density at radius 1 is 1.15 bits per heavy atom. The second-order valence-corrected chi connectivity index (χ2v) is 8.04. The first-order chi connectivity index (χ1) is 12.8. The van der Waals surface area contributed by atoms with Crippen LogP contribution in [0.1, 0.15) is 37.2 Å². The molecule has 0 aliphatic carbocycles. The van der Waals surface area contributed by atoms with Gasteiger partial charge in [0.15, 0.2) is 5.82 Å². The number of hydrogen-bond acceptors (Lipinski definition) is 3. The van der Waals surface area contributed by atoms with E-state index in [4.69, 9.17) is 0 Å². The average Bonchev–Trinajstić information content (AvgIpc) is 2.85. The van der Waals surface area contributed by atoms with Gasteiger partial charge in [0.25, 0.3) is 0 Å². The van der Waals surface area contributed by atoms with Gasteiger partial charge in [-0.25, -0.2) is 13.5 Å². The van der Waals surface area contributed by atoms with Crippen molar-refractivity contribution in [1.82, 2.24) is 20.0 Å². The monoisotopic (exact) mass is 376 g/mol. The molecule has 1 aromatic carbocycles. The molecule has 27 heavy (non-hydrogen) atoms. The van der Waals surface area contributed by atoms with Crippen molar-refractivity contribution in [1.29, 1.82) is 0 Å². The van der Waals surface area contributed by atoms with Crippen molar-refractivity contribution in [2.24, 2.45) is 11.8 Å². The average molecular weight is 376 g/mol. The molecule has 4 nitrogen and oxygen atoms in total. The lowest BCUT2D eigenvalue weighted by Crippen LogP contribution is -2.42. The molecular formula is C21H30F2N4. The van der Waals surface area contributed by atoms with Gasteiger partial charge in [-0.15, -0.1) is 0 Å². The summed E-state index contributed by atoms with van der Waals surface area (Å²) in [7, 11) is 0. The van der Waals surface area contributed by atoms with Crippen LogP contribution in [0.2, 0.25) is 0 Å². The summed E-state index contributed by atoms with van der Waals surface area (Å²) in [5.41, 5.74) is 3.09. The van der Waals surface area contributed by atoms with E-state index in [1.165, 1.54) is 31.6 Å². The minimum Gasteiger partial charge on any atom is -0.311 e. The summed E-state index contributed by atoms with van der Waals surface area (Å²) in [4.78, 5) is 2.53. The highest BCUT2D eigenvalue weighted by Crippen LogP contribution is 2.22. The molecular weight excluding hydrogens is 346 g/mol. The van der Waals surface area contributed by atoms with Gasteiger partial charge >= 0.3 is 0 Å². The zero-order chi connectivity index (χ0) is 19.6. The van der Waals surface area contributed by atoms with Gasteiger partial charge in [0.1, 0.15) is 11.5 Å². The minimum absolute atomic E-state index is 0.277. The maximum atomic E-state index is 14.1. The molecule has 0 amide bonds. The third kappa shape index (κ3) is 4.74. The molecule has 1 aliphatic rings. The van der Waals surface area contributed by atoms with E-state index in [1.807, 2.05) is 13.8 Å². The summed E-state index contributed by atoms with van der Waals surface area (Å²) < 4.78 is 28.8. The van der Waals surface area contributed by atoms with Crippen LogP contribution in [0.5, 0.6) is 0 Å². The molecule has 0 unspecified atom stereocenters. The fourth-order valence-corrected chi connectivity index (χ4v) is 4.24. The van der Waals surface area contributed by atoms with Crippen molar-refractivity contribution < 1.29 is 8.78 Å². The third-order valence-corrected chi connectivity index (χ3v) is 5.43. The maximum Gasteiger partial charge on any atom is 0.151 e. The number of benzene rings is 1. The number of rotatable bonds is 6. The van der Waals surface area contributed by atoms with E-state index in [0.29, 0.717) is 6.54 Å². The predicted molar refractivity (Wildman–Crippen MR) is 104 cm³/mol. The molecule has 1 aliphatic heterocycles. The summed E-state index contributed by atoms with van der Waals surface area (Å²) >= 11 is 0. The molecule has 1 N–H and O–H groups in total. The fraction of sp³-hybridized carbons (Fsp3) is 0.571. The molecule has 0 bridgehead atoms. The molecule has 1 fully saturated rings. The Kier molecular flexibility index (Phi) is 6.27. The quantitative estimate of drug-likeness (QED) is 0.778. The largest absolute Gasteiger partial charge is 0.311 e. The predicted octanol–water partition coefficient (Wildman–Crippen LogP) is 3.83. The van der Waals surface area contributed by atoms with Gasteiger partial charge < -0.3 is 10.2 Å². The van der Waals surface area contributed by atoms with Gasteiger partial charge in [0.05, 0.1) is 5.69 Å². The van der Waals surface area contributed by atoms with E-state index in [0.717, 1.165) is 47.9 Å². The summed E-state index contributed by atoms with van der Waals surface area (Å²) in [6.45, 7) is 13.5. The van der Waals surface area contributed by atoms with E-state index in [-0.39, 0.29) is 5.69 Å². The van der Waals surface area contributed by atoms with Gasteiger partial charge in [-0.3, -0.25) is 0 Å². The van der Waals surface area contributed by atoms with Crippen molar-refractivity contribution in [3.05, 3.63) is 46.8 Å². The summed E-state index contributed by atoms with van der Waals surface area (Å²) in [6, 6.07) is 3.58. The van der Waals surface area contributed by atoms with Crippen LogP contribution < -0.4 is 5.32 Å². The summed E-state index contributed by atoms with van der Waals surface area (Å²) in [5, 5.41) is 7.96. The first kappa shape index (κ1) is 20.0. The standard InChI is InChI=1S/C21H30F2N4/c1-14-9-15(2)13-26(12-14)8-7-24-11-19-16(3)25-27(17(19)4)21-6-5-18(22)10-20(21)23/h5-6,10,14-15,24H,7-9,11-13H2,1-4H3/t14-,15+. The molecule has 0 spiro atoms. The van der Waals surface area contributed by atoms with Crippen molar-refractivity contribution in [2.75, 3.05) is 26.2 Å². The number of halogens is 2. The number of piperidine rings is 1. The molecule has 6 heteroatoms. The molecule has 2 aromatic rings. The van der Waals surface area contributed by atoms with E-state index < -0.39 is 11.6 Å². The van der Waals surface area contributed by atoms with E-state index in [9.17, 15) is 8.78 Å². The van der Waals surface area contributed by atoms with Crippen LogP contribution >= 0.6 is 0 Å². The number of aromatic nitrogens is 2. The van der Waals surface area contributed by atoms with Crippen LogP contribution in [0.3, 0.4) is 0 Å². The molecule has 0 saturated carbocycles. The zero-order valence-electron chi connectivity index (χ0n) is 16.7. The topological polar surface area (TPSA) is 33.1 Å². The number of aryl methyl sites for hydroxylation is 1. The van der Waals surface area contributed by atoms with Crippen LogP contribution in [-0.2, 0) is 6.54 Å². The zero-order valence-corrected chi connectivity index (χ0v) is 16.7. The minimum atomic E-state index is -0.603. The lowest BCUT2D eigenvalue weighted by molar-refractivity contribution is 0.142. The molecule has 2 atom stereocenters. The fourth-order valence-electron chi connectivity index (χ4n) is 4.24. The van der Waals surface area contributed by atoms with E-state index in [2.05, 4.69) is 29.2 Å². The van der Waals surface area contributed by atoms with E-state index in [1.54, 1.807) is 4.68 Å². The number of nitrogens with zero attached hydrogens (tertiary/aromatic N) is 3. The first-order valence-electron chi connectivity index (χ1n) is 9.78. The number of nitrogens with one attached hydrogen (secondary N) is 1. The van der Waals surface area contributed by atoms with E-state index >= 15 is 0 Å². The lowest BCUT2D eigenvalue weighted by Gasteiger charge is -2.34. The van der Waals surface area contributed by atoms with Crippen LogP contribution in [0, 0.1) is 37.3 Å². The molecule has 148 valence electrons. The third-order valence-electron chi connectivity index (χ3n) is 5.43. The van der Waals surface area contributed by atoms with Gasteiger partial charge in [0.2, 0.25) is 0 Å². The van der Waals surface area contributed by atoms with Crippen LogP contribution in [0.4, 0.5) is 8.78 Å². The van der Waals surface area contributed by atoms with Gasteiger partial charge in [-0.2, -0.15) is 5.10 Å². The lowest BCUT2D eigenvalue weighted by atomic mass is 9.92. The Morgan fingerprint density at radius 2 is 1.85 bits per heavy atom. The maximum absolute atomic E-state index is 14.1. The Balaban J connectivity index is 1.60. The van der Waals surface area contributed by atoms with Gasteiger partial charge in [0, 0.05) is 50.0 Å². The van der Waals surface area contributed by atoms with Gasteiger partial charge in [-0.1, -0.05) is 13.8 Å². The summed E-state index contributed by atoms with van der Waals surface area (Å²) in [6.07, 6.45) is 1.32. The molecule has 0 radical (unpaired) electrons. The number of likely N-dealkylation sites (tertiary alicyclic amines) is 1. The number of hydrogen-bond donors (Lipinski definition) is 1. The molecule has 1 aromatic heterocycles. The van der Waals surface area contributed by atoms with Crippen molar-refractivity contribution in [3.8, 4) is 5.69 Å². The highest BCUT2D eigenvalue weighted by atomic mass is 19.1. The molecule has 2 heterocycles. The van der Waals surface area contributed by atoms with Crippen molar-refractivity contribution in [2.45, 2.75) is 40.7 Å².